The van der Waals surface area contributed by atoms with E-state index < -0.39 is 27.0 Å². The summed E-state index contributed by atoms with van der Waals surface area (Å²) < 4.78 is 16.6. The first-order valence-electron chi connectivity index (χ1n) is 11.4. The van der Waals surface area contributed by atoms with E-state index in [1.54, 1.807) is 0 Å². The van der Waals surface area contributed by atoms with E-state index in [0.29, 0.717) is 13.2 Å². The van der Waals surface area contributed by atoms with Gasteiger partial charge >= 0.3 is 0 Å². The standard InChI is InChI=1S/C24H30I2N6O2/c1-15(33)31-9-7-20-19(13-31)24(28-32(20)17-8-10-34-14-17)30(4)21-6-5-18(22(25)23(21)26-2)16-11-27-29(3)12-16/h5-6,11-12,15,17,33H,2,7-10,13-14H2,1,3-4H3. The van der Waals surface area contributed by atoms with Crippen molar-refractivity contribution in [3.63, 3.8) is 0 Å². The van der Waals surface area contributed by atoms with Crippen molar-refractivity contribution in [3.8, 4) is 11.1 Å². The predicted molar refractivity (Wildman–Crippen MR) is 152 cm³/mol. The fourth-order valence-electron chi connectivity index (χ4n) is 4.88. The Morgan fingerprint density at radius 3 is 2.85 bits per heavy atom. The van der Waals surface area contributed by atoms with Gasteiger partial charge in [-0.1, -0.05) is 31.3 Å². The number of fused-ring (bicyclic) bond motifs is 1. The first-order chi connectivity index (χ1) is 16.4. The first-order valence-corrected chi connectivity index (χ1v) is 15.1. The zero-order valence-corrected chi connectivity index (χ0v) is 24.0. The molecule has 2 unspecified atom stereocenters. The number of hydrogen-bond donors (Lipinski definition) is 1. The lowest BCUT2D eigenvalue weighted by Crippen LogP contribution is -2.38. The van der Waals surface area contributed by atoms with Gasteiger partial charge in [0.2, 0.25) is 0 Å². The van der Waals surface area contributed by atoms with Gasteiger partial charge in [0.25, 0.3) is 0 Å². The Labute approximate surface area is 223 Å². The van der Waals surface area contributed by atoms with E-state index in [-0.39, 0.29) is 6.04 Å². The Morgan fingerprint density at radius 2 is 2.21 bits per heavy atom. The lowest BCUT2D eigenvalue weighted by Gasteiger charge is -2.31. The van der Waals surface area contributed by atoms with Crippen molar-refractivity contribution < 1.29 is 9.84 Å². The van der Waals surface area contributed by atoms with Gasteiger partial charge in [0.05, 0.1) is 24.5 Å². The molecule has 0 radical (unpaired) electrons. The van der Waals surface area contributed by atoms with Crippen LogP contribution in [0.25, 0.3) is 11.1 Å². The van der Waals surface area contributed by atoms with Gasteiger partial charge in [0, 0.05) is 70.4 Å². The van der Waals surface area contributed by atoms with Crippen LogP contribution in [-0.2, 0) is 24.8 Å². The van der Waals surface area contributed by atoms with E-state index in [1.807, 2.05) is 24.9 Å². The molecule has 1 saturated heterocycles. The molecule has 2 aliphatic rings. The molecule has 2 atom stereocenters. The van der Waals surface area contributed by atoms with Crippen LogP contribution in [0.1, 0.15) is 30.6 Å². The van der Waals surface area contributed by atoms with Gasteiger partial charge in [-0.25, -0.2) is 0 Å². The number of hydrogen-bond acceptors (Lipinski definition) is 6. The van der Waals surface area contributed by atoms with Gasteiger partial charge in [0.1, 0.15) is 6.23 Å². The van der Waals surface area contributed by atoms with Crippen LogP contribution in [0.3, 0.4) is 0 Å². The third kappa shape index (κ3) is 4.36. The zero-order valence-electron chi connectivity index (χ0n) is 19.7. The molecule has 5 rings (SSSR count). The van der Waals surface area contributed by atoms with Crippen molar-refractivity contribution in [2.24, 2.45) is 7.05 Å². The molecule has 0 saturated carbocycles. The molecular weight excluding hydrogens is 658 g/mol. The molecule has 1 aromatic carbocycles. The summed E-state index contributed by atoms with van der Waals surface area (Å²) in [5.74, 6) is 0.968. The molecule has 0 bridgehead atoms. The molecule has 0 aliphatic carbocycles. The number of nitrogens with zero attached hydrogens (tertiary/aromatic N) is 6. The Bertz CT molecular complexity index is 1210. The normalized spacial score (nSPS) is 19.4. The molecule has 4 heterocycles. The number of ether oxygens (including phenoxy) is 1. The Morgan fingerprint density at radius 1 is 1.38 bits per heavy atom. The van der Waals surface area contributed by atoms with Gasteiger partial charge in [-0.3, -0.25) is 14.3 Å². The summed E-state index contributed by atoms with van der Waals surface area (Å²) in [5, 5.41) is 19.8. The van der Waals surface area contributed by atoms with Crippen LogP contribution in [0.15, 0.2) is 24.5 Å². The molecule has 3 aromatic rings. The molecule has 8 nitrogen and oxygen atoms in total. The van der Waals surface area contributed by atoms with E-state index in [4.69, 9.17) is 9.84 Å². The smallest absolute Gasteiger partial charge is 0.159 e. The average molecular weight is 688 g/mol. The minimum atomic E-state index is -0.481. The molecule has 0 amide bonds. The van der Waals surface area contributed by atoms with Gasteiger partial charge in [-0.2, -0.15) is 10.2 Å². The monoisotopic (exact) mass is 688 g/mol. The summed E-state index contributed by atoms with van der Waals surface area (Å²) in [5.41, 5.74) is 5.96. The molecule has 10 heteroatoms. The second kappa shape index (κ2) is 9.96. The van der Waals surface area contributed by atoms with Crippen molar-refractivity contribution >= 4 is 59.3 Å². The number of rotatable bonds is 6. The molecule has 1 fully saturated rings. The maximum absolute atomic E-state index is 10.3. The van der Waals surface area contributed by atoms with Crippen molar-refractivity contribution in [3.05, 3.63) is 42.9 Å². The zero-order chi connectivity index (χ0) is 24.0. The summed E-state index contributed by atoms with van der Waals surface area (Å²) in [7, 11) is 4.05. The van der Waals surface area contributed by atoms with Gasteiger partial charge < -0.3 is 14.7 Å². The maximum Gasteiger partial charge on any atom is 0.159 e. The van der Waals surface area contributed by atoms with E-state index in [2.05, 4.69) is 72.1 Å². The summed E-state index contributed by atoms with van der Waals surface area (Å²) in [4.78, 5) is 4.34. The number of aliphatic hydroxyl groups excluding tert-OH is 1. The third-order valence-corrected chi connectivity index (χ3v) is 10.8. The third-order valence-electron chi connectivity index (χ3n) is 6.76. The van der Waals surface area contributed by atoms with Crippen LogP contribution in [0, 0.1) is 7.14 Å². The number of aryl methyl sites for hydroxylation is 1. The van der Waals surface area contributed by atoms with E-state index >= 15 is 0 Å². The number of benzene rings is 1. The Hall–Kier alpha value is -1.35. The molecule has 182 valence electrons. The highest BCUT2D eigenvalue weighted by Crippen LogP contribution is 2.40. The van der Waals surface area contributed by atoms with E-state index in [1.165, 1.54) is 24.0 Å². The first kappa shape index (κ1) is 24.3. The van der Waals surface area contributed by atoms with Gasteiger partial charge in [-0.05, 0) is 47.6 Å². The second-order valence-corrected chi connectivity index (χ2v) is 11.8. The number of aromatic nitrogens is 4. The molecule has 1 N–H and O–H groups in total. The summed E-state index contributed by atoms with van der Waals surface area (Å²) in [6.07, 6.45) is 5.36. The summed E-state index contributed by atoms with van der Waals surface area (Å²) in [6.45, 7) is 4.87. The number of aliphatic hydroxyl groups is 1. The summed E-state index contributed by atoms with van der Waals surface area (Å²) in [6, 6.07) is 4.66. The quantitative estimate of drug-likeness (QED) is 0.397. The van der Waals surface area contributed by atoms with Gasteiger partial charge in [-0.15, -0.1) is 0 Å². The number of anilines is 2. The highest BCUT2D eigenvalue weighted by atomic mass is 127. The second-order valence-electron chi connectivity index (χ2n) is 8.92. The van der Waals surface area contributed by atoms with Crippen LogP contribution in [0.4, 0.5) is 11.5 Å². The van der Waals surface area contributed by atoms with Crippen molar-refractivity contribution in [2.45, 2.75) is 38.6 Å². The fourth-order valence-corrected chi connectivity index (χ4v) is 8.17. The Kier molecular flexibility index (Phi) is 7.13. The topological polar surface area (TPSA) is 71.6 Å². The van der Waals surface area contributed by atoms with Crippen LogP contribution in [0.5, 0.6) is 0 Å². The van der Waals surface area contributed by atoms with Crippen LogP contribution in [-0.4, -0.2) is 67.1 Å². The SMILES string of the molecule is C=Ic1c(N(C)c2nn(C3CCOC3)c3c2CN(C(C)O)CC3)ccc(-c2cnn(C)c2)c1I. The van der Waals surface area contributed by atoms with E-state index in [0.717, 1.165) is 43.1 Å². The molecule has 2 aliphatic heterocycles. The van der Waals surface area contributed by atoms with Gasteiger partial charge in [0.15, 0.2) is 5.82 Å². The average Bonchev–Trinajstić information content (AvgIpc) is 3.57. The Balaban J connectivity index is 1.59. The summed E-state index contributed by atoms with van der Waals surface area (Å²) >= 11 is 2.04. The predicted octanol–water partition coefficient (Wildman–Crippen LogP) is 3.89. The van der Waals surface area contributed by atoms with Crippen molar-refractivity contribution in [1.29, 1.82) is 0 Å². The van der Waals surface area contributed by atoms with Crippen LogP contribution >= 0.6 is 43.3 Å². The maximum atomic E-state index is 10.3. The fraction of sp³-hybridized carbons (Fsp3) is 0.458. The van der Waals surface area contributed by atoms with Crippen molar-refractivity contribution in [2.75, 3.05) is 31.7 Å². The molecule has 0 spiro atoms. The largest absolute Gasteiger partial charge is 0.379 e. The highest BCUT2D eigenvalue weighted by molar-refractivity contribution is 14.2. The van der Waals surface area contributed by atoms with Crippen LogP contribution < -0.4 is 4.90 Å². The van der Waals surface area contributed by atoms with Crippen LogP contribution in [0.2, 0.25) is 0 Å². The number of halogens is 2. The molecule has 2 aromatic heterocycles. The molecular formula is C24H30I2N6O2. The van der Waals surface area contributed by atoms with E-state index in [9.17, 15) is 5.11 Å². The van der Waals surface area contributed by atoms with Crippen molar-refractivity contribution in [1.82, 2.24) is 24.5 Å². The highest BCUT2D eigenvalue weighted by Gasteiger charge is 2.32. The lowest BCUT2D eigenvalue weighted by molar-refractivity contribution is 0.00863. The minimum Gasteiger partial charge on any atom is -0.379 e. The molecule has 34 heavy (non-hydrogen) atoms. The minimum absolute atomic E-state index is 0.279. The lowest BCUT2D eigenvalue weighted by atomic mass is 10.1.